The van der Waals surface area contributed by atoms with E-state index in [1.807, 2.05) is 36.4 Å². The Hall–Kier alpha value is -3.59. The number of nitrogens with one attached hydrogen (secondary N) is 1. The average molecular weight is 511 g/mol. The summed E-state index contributed by atoms with van der Waals surface area (Å²) < 4.78 is 10.1. The second-order valence-corrected chi connectivity index (χ2v) is 8.91. The summed E-state index contributed by atoms with van der Waals surface area (Å²) in [4.78, 5) is 24.2. The number of ether oxygens (including phenoxy) is 2. The lowest BCUT2D eigenvalue weighted by molar-refractivity contribution is 0.0136. The topological polar surface area (TPSA) is 131 Å². The highest BCUT2D eigenvalue weighted by Gasteiger charge is 2.29. The maximum atomic E-state index is 12.3. The second kappa shape index (κ2) is 11.0. The van der Waals surface area contributed by atoms with E-state index in [-0.39, 0.29) is 47.3 Å². The van der Waals surface area contributed by atoms with Gasteiger partial charge in [0.05, 0.1) is 18.8 Å². The van der Waals surface area contributed by atoms with E-state index in [0.29, 0.717) is 0 Å². The molecule has 3 aromatic carbocycles. The van der Waals surface area contributed by atoms with E-state index in [0.717, 1.165) is 22.3 Å². The maximum absolute atomic E-state index is 12.3. The molecule has 1 aliphatic carbocycles. The Morgan fingerprint density at radius 3 is 2.28 bits per heavy atom. The Balaban J connectivity index is 1.31. The lowest BCUT2D eigenvalue weighted by Crippen LogP contribution is -2.30. The molecule has 0 fully saturated rings. The van der Waals surface area contributed by atoms with Crippen molar-refractivity contribution in [3.05, 3.63) is 87.9 Å². The summed E-state index contributed by atoms with van der Waals surface area (Å²) in [6.45, 7) is 0.216. The molecule has 0 saturated carbocycles. The molecule has 9 heteroatoms. The van der Waals surface area contributed by atoms with Crippen molar-refractivity contribution in [1.82, 2.24) is 5.32 Å². The van der Waals surface area contributed by atoms with Gasteiger partial charge in [-0.15, -0.1) is 0 Å². The number of rotatable bonds is 8. The van der Waals surface area contributed by atoms with Gasteiger partial charge in [0.15, 0.2) is 0 Å². The van der Waals surface area contributed by atoms with E-state index >= 15 is 0 Å². The number of aliphatic hydroxyl groups excluding tert-OH is 2. The van der Waals surface area contributed by atoms with Crippen LogP contribution in [0.25, 0.3) is 11.1 Å². The average Bonchev–Trinajstić information content (AvgIpc) is 3.20. The minimum atomic E-state index is -1.41. The largest absolute Gasteiger partial charge is 0.465 e. The molecule has 0 radical (unpaired) electrons. The zero-order valence-corrected chi connectivity index (χ0v) is 20.4. The Bertz CT molecular complexity index is 1240. The predicted octanol–water partition coefficient (Wildman–Crippen LogP) is 4.03. The summed E-state index contributed by atoms with van der Waals surface area (Å²) >= 11 is 6.16. The third-order valence-corrected chi connectivity index (χ3v) is 6.64. The van der Waals surface area contributed by atoms with Gasteiger partial charge in [-0.1, -0.05) is 60.1 Å². The van der Waals surface area contributed by atoms with Crippen molar-refractivity contribution in [3.63, 3.8) is 0 Å². The summed E-state index contributed by atoms with van der Waals surface area (Å²) in [5, 5.41) is 23.7. The van der Waals surface area contributed by atoms with Crippen molar-refractivity contribution in [3.8, 4) is 11.1 Å². The first-order valence-corrected chi connectivity index (χ1v) is 11.8. The van der Waals surface area contributed by atoms with Gasteiger partial charge in [-0.25, -0.2) is 9.59 Å². The summed E-state index contributed by atoms with van der Waals surface area (Å²) in [6, 6.07) is 18.7. The van der Waals surface area contributed by atoms with Gasteiger partial charge in [-0.05, 0) is 40.8 Å². The summed E-state index contributed by atoms with van der Waals surface area (Å²) in [5.74, 6) is -0.753. The second-order valence-electron chi connectivity index (χ2n) is 8.51. The molecule has 0 saturated heterocycles. The highest BCUT2D eigenvalue weighted by atomic mass is 35.5. The summed E-state index contributed by atoms with van der Waals surface area (Å²) in [6.07, 6.45) is -3.30. The first-order valence-electron chi connectivity index (χ1n) is 11.4. The molecule has 0 spiro atoms. The Labute approximate surface area is 213 Å². The molecule has 36 heavy (non-hydrogen) atoms. The fraction of sp³-hybridized carbons (Fsp3) is 0.259. The van der Waals surface area contributed by atoms with Gasteiger partial charge < -0.3 is 30.7 Å². The molecule has 188 valence electrons. The van der Waals surface area contributed by atoms with Crippen LogP contribution in [0.2, 0.25) is 5.02 Å². The van der Waals surface area contributed by atoms with Crippen LogP contribution in [0, 0.1) is 0 Å². The van der Waals surface area contributed by atoms with Crippen LogP contribution in [-0.2, 0) is 9.47 Å². The lowest BCUT2D eigenvalue weighted by atomic mass is 9.98. The normalized spacial score (nSPS) is 13.9. The van der Waals surface area contributed by atoms with Crippen molar-refractivity contribution < 1.29 is 29.3 Å². The number of alkyl carbamates (subject to hydrolysis) is 1. The molecule has 1 aliphatic rings. The quantitative estimate of drug-likeness (QED) is 0.266. The van der Waals surface area contributed by atoms with E-state index < -0.39 is 24.3 Å². The zero-order chi connectivity index (χ0) is 25.8. The number of carbonyl (C=O) groups excluding carboxylic acids is 2. The van der Waals surface area contributed by atoms with Crippen molar-refractivity contribution in [2.75, 3.05) is 26.0 Å². The number of benzene rings is 3. The van der Waals surface area contributed by atoms with Crippen LogP contribution >= 0.6 is 11.6 Å². The number of hydrogen-bond acceptors (Lipinski definition) is 7. The maximum Gasteiger partial charge on any atom is 0.407 e. The number of hydrogen-bond donors (Lipinski definition) is 4. The predicted molar refractivity (Wildman–Crippen MR) is 136 cm³/mol. The van der Waals surface area contributed by atoms with Gasteiger partial charge in [-0.3, -0.25) is 0 Å². The minimum Gasteiger partial charge on any atom is -0.465 e. The van der Waals surface area contributed by atoms with E-state index in [2.05, 4.69) is 22.2 Å². The molecule has 0 aliphatic heterocycles. The Kier molecular flexibility index (Phi) is 7.79. The van der Waals surface area contributed by atoms with Crippen LogP contribution in [0.1, 0.15) is 45.5 Å². The Morgan fingerprint density at radius 1 is 1.06 bits per heavy atom. The number of methoxy groups -OCH3 is 1. The van der Waals surface area contributed by atoms with E-state index in [4.69, 9.17) is 22.1 Å². The van der Waals surface area contributed by atoms with Crippen molar-refractivity contribution in [2.24, 2.45) is 0 Å². The summed E-state index contributed by atoms with van der Waals surface area (Å²) in [7, 11) is 1.20. The molecular formula is C27H27ClN2O6. The SMILES string of the molecule is COC(=O)c1cc(C(O)C(O)CCNC(=O)OCC2c3ccccc3-c3ccccc32)c(Cl)cc1N. The van der Waals surface area contributed by atoms with Gasteiger partial charge in [0.2, 0.25) is 0 Å². The molecule has 0 aromatic heterocycles. The monoisotopic (exact) mass is 510 g/mol. The molecule has 5 N–H and O–H groups in total. The van der Waals surface area contributed by atoms with Crippen LogP contribution in [0.15, 0.2) is 60.7 Å². The van der Waals surface area contributed by atoms with Crippen LogP contribution in [0.5, 0.6) is 0 Å². The fourth-order valence-electron chi connectivity index (χ4n) is 4.46. The highest BCUT2D eigenvalue weighted by Crippen LogP contribution is 2.44. The summed E-state index contributed by atoms with van der Waals surface area (Å²) in [5.41, 5.74) is 10.5. The van der Waals surface area contributed by atoms with Gasteiger partial charge >= 0.3 is 12.1 Å². The number of fused-ring (bicyclic) bond motifs is 3. The van der Waals surface area contributed by atoms with E-state index in [1.54, 1.807) is 0 Å². The zero-order valence-electron chi connectivity index (χ0n) is 19.6. The number of nitrogens with two attached hydrogens (primary N) is 1. The molecule has 2 atom stereocenters. The first kappa shape index (κ1) is 25.5. The van der Waals surface area contributed by atoms with Gasteiger partial charge in [0.1, 0.15) is 12.7 Å². The number of aliphatic hydroxyl groups is 2. The molecule has 4 rings (SSSR count). The van der Waals surface area contributed by atoms with Crippen LogP contribution in [-0.4, -0.2) is 48.6 Å². The molecule has 2 unspecified atom stereocenters. The minimum absolute atomic E-state index is 0.0135. The molecule has 0 bridgehead atoms. The standard InChI is InChI=1S/C27H27ClN2O6/c1-35-26(33)20-12-19(22(28)13-23(20)29)25(32)24(31)10-11-30-27(34)36-14-21-17-8-4-2-6-15(17)16-7-3-5-9-18(16)21/h2-9,12-13,21,24-25,31-32H,10-11,14,29H2,1H3,(H,30,34). The molecule has 3 aromatic rings. The third kappa shape index (κ3) is 5.16. The number of halogens is 1. The van der Waals surface area contributed by atoms with Crippen LogP contribution in [0.4, 0.5) is 10.5 Å². The number of carbonyl (C=O) groups is 2. The van der Waals surface area contributed by atoms with E-state index in [1.165, 1.54) is 19.2 Å². The highest BCUT2D eigenvalue weighted by molar-refractivity contribution is 6.32. The Morgan fingerprint density at radius 2 is 1.67 bits per heavy atom. The molecule has 0 heterocycles. The number of amides is 1. The van der Waals surface area contributed by atoms with Crippen molar-refractivity contribution in [2.45, 2.75) is 24.5 Å². The third-order valence-electron chi connectivity index (χ3n) is 6.31. The lowest BCUT2D eigenvalue weighted by Gasteiger charge is -2.21. The smallest absolute Gasteiger partial charge is 0.407 e. The van der Waals surface area contributed by atoms with Gasteiger partial charge in [0.25, 0.3) is 0 Å². The van der Waals surface area contributed by atoms with Crippen LogP contribution < -0.4 is 11.1 Å². The van der Waals surface area contributed by atoms with Gasteiger partial charge in [-0.2, -0.15) is 0 Å². The molecular weight excluding hydrogens is 484 g/mol. The number of esters is 1. The van der Waals surface area contributed by atoms with E-state index in [9.17, 15) is 19.8 Å². The molecule has 1 amide bonds. The number of anilines is 1. The fourth-order valence-corrected chi connectivity index (χ4v) is 4.74. The first-order chi connectivity index (χ1) is 17.3. The van der Waals surface area contributed by atoms with Crippen molar-refractivity contribution >= 4 is 29.4 Å². The molecule has 8 nitrogen and oxygen atoms in total. The van der Waals surface area contributed by atoms with Crippen LogP contribution in [0.3, 0.4) is 0 Å². The van der Waals surface area contributed by atoms with Crippen molar-refractivity contribution in [1.29, 1.82) is 0 Å². The van der Waals surface area contributed by atoms with Gasteiger partial charge in [0, 0.05) is 28.7 Å². The number of nitrogen functional groups attached to an aromatic ring is 1.